The standard InChI is InChI=1S/C20H22Br3N3O4/c21-14-8-12(2-3-18(14)27)11-17(26-29)20(28)25-6-4-13-9-15(22)19(16(23)10-13)30-7-1-5-24/h2-3,8-10,27,29H,1,4-7,11,24H2,(H,25,28)/b26-17+. The van der Waals surface area contributed by atoms with Crippen molar-refractivity contribution in [1.29, 1.82) is 0 Å². The highest BCUT2D eigenvalue weighted by Crippen LogP contribution is 2.35. The van der Waals surface area contributed by atoms with Gasteiger partial charge >= 0.3 is 0 Å². The van der Waals surface area contributed by atoms with Crippen molar-refractivity contribution in [1.82, 2.24) is 5.32 Å². The van der Waals surface area contributed by atoms with Gasteiger partial charge in [0.1, 0.15) is 17.2 Å². The number of ether oxygens (including phenoxy) is 1. The van der Waals surface area contributed by atoms with Crippen LogP contribution < -0.4 is 15.8 Å². The highest BCUT2D eigenvalue weighted by molar-refractivity contribution is 9.11. The Bertz CT molecular complexity index is 899. The molecule has 0 aliphatic rings. The molecule has 2 rings (SSSR count). The van der Waals surface area contributed by atoms with Gasteiger partial charge in [-0.25, -0.2) is 0 Å². The number of oxime groups is 1. The molecule has 0 aliphatic heterocycles. The molecule has 1 amide bonds. The van der Waals surface area contributed by atoms with Gasteiger partial charge in [-0.1, -0.05) is 11.2 Å². The summed E-state index contributed by atoms with van der Waals surface area (Å²) < 4.78 is 7.84. The molecule has 0 unspecified atom stereocenters. The molecule has 162 valence electrons. The Morgan fingerprint density at radius 2 is 1.77 bits per heavy atom. The summed E-state index contributed by atoms with van der Waals surface area (Å²) in [5.41, 5.74) is 7.18. The molecule has 5 N–H and O–H groups in total. The zero-order chi connectivity index (χ0) is 22.1. The molecule has 0 fully saturated rings. The van der Waals surface area contributed by atoms with Crippen LogP contribution in [0.1, 0.15) is 17.5 Å². The fourth-order valence-corrected chi connectivity index (χ4v) is 4.53. The number of phenols is 1. The average molecular weight is 608 g/mol. The molecule has 0 saturated heterocycles. The Balaban J connectivity index is 1.91. The Morgan fingerprint density at radius 3 is 2.37 bits per heavy atom. The number of nitrogens with zero attached hydrogens (tertiary/aromatic N) is 1. The van der Waals surface area contributed by atoms with E-state index >= 15 is 0 Å². The van der Waals surface area contributed by atoms with Gasteiger partial charge in [0.2, 0.25) is 0 Å². The van der Waals surface area contributed by atoms with Crippen molar-refractivity contribution in [2.45, 2.75) is 19.3 Å². The van der Waals surface area contributed by atoms with Crippen LogP contribution in [0.2, 0.25) is 0 Å². The molecular formula is C20H22Br3N3O4. The van der Waals surface area contributed by atoms with Crippen LogP contribution in [-0.4, -0.2) is 41.6 Å². The minimum absolute atomic E-state index is 0.0152. The molecule has 10 heteroatoms. The van der Waals surface area contributed by atoms with E-state index in [0.717, 1.165) is 26.5 Å². The van der Waals surface area contributed by atoms with E-state index in [0.29, 0.717) is 36.3 Å². The summed E-state index contributed by atoms with van der Waals surface area (Å²) in [6.45, 7) is 1.46. The predicted octanol–water partition coefficient (Wildman–Crippen LogP) is 4.14. The Hall–Kier alpha value is -1.62. The number of hydrogen-bond donors (Lipinski definition) is 4. The van der Waals surface area contributed by atoms with Crippen LogP contribution in [0, 0.1) is 0 Å². The summed E-state index contributed by atoms with van der Waals surface area (Å²) >= 11 is 10.2. The minimum atomic E-state index is -0.457. The van der Waals surface area contributed by atoms with Gasteiger partial charge in [-0.2, -0.15) is 0 Å². The summed E-state index contributed by atoms with van der Waals surface area (Å²) in [5, 5.41) is 24.7. The topological polar surface area (TPSA) is 117 Å². The number of nitrogens with one attached hydrogen (secondary N) is 1. The minimum Gasteiger partial charge on any atom is -0.507 e. The number of aromatic hydroxyl groups is 1. The molecule has 0 radical (unpaired) electrons. The lowest BCUT2D eigenvalue weighted by Gasteiger charge is -2.12. The van der Waals surface area contributed by atoms with Crippen LogP contribution in [0.5, 0.6) is 11.5 Å². The van der Waals surface area contributed by atoms with Crippen molar-refractivity contribution >= 4 is 59.4 Å². The van der Waals surface area contributed by atoms with E-state index < -0.39 is 5.91 Å². The van der Waals surface area contributed by atoms with Gasteiger partial charge in [0.15, 0.2) is 0 Å². The van der Waals surface area contributed by atoms with Crippen LogP contribution in [0.25, 0.3) is 0 Å². The molecule has 0 heterocycles. The fourth-order valence-electron chi connectivity index (χ4n) is 2.59. The van der Waals surface area contributed by atoms with Gasteiger partial charge in [0.25, 0.3) is 5.91 Å². The fraction of sp³-hybridized carbons (Fsp3) is 0.300. The first-order chi connectivity index (χ1) is 14.3. The molecule has 0 saturated carbocycles. The average Bonchev–Trinajstić information content (AvgIpc) is 2.70. The summed E-state index contributed by atoms with van der Waals surface area (Å²) in [4.78, 5) is 12.3. The maximum atomic E-state index is 12.3. The molecule has 2 aromatic rings. The summed E-state index contributed by atoms with van der Waals surface area (Å²) in [5.74, 6) is 0.353. The van der Waals surface area contributed by atoms with E-state index in [1.165, 1.54) is 6.07 Å². The number of nitrogens with two attached hydrogens (primary N) is 1. The normalized spacial score (nSPS) is 11.4. The number of benzene rings is 2. The summed E-state index contributed by atoms with van der Waals surface area (Å²) in [6.07, 6.45) is 1.48. The van der Waals surface area contributed by atoms with Crippen molar-refractivity contribution in [3.05, 3.63) is 54.9 Å². The van der Waals surface area contributed by atoms with E-state index in [9.17, 15) is 15.1 Å². The SMILES string of the molecule is NCCCOc1c(Br)cc(CCNC(=O)/C(Cc2ccc(O)c(Br)c2)=N/O)cc1Br. The van der Waals surface area contributed by atoms with Gasteiger partial charge < -0.3 is 26.1 Å². The van der Waals surface area contributed by atoms with Gasteiger partial charge in [0.05, 0.1) is 20.0 Å². The number of hydrogen-bond acceptors (Lipinski definition) is 6. The van der Waals surface area contributed by atoms with Crippen LogP contribution in [0.4, 0.5) is 0 Å². The zero-order valence-corrected chi connectivity index (χ0v) is 20.8. The number of rotatable bonds is 10. The molecule has 0 bridgehead atoms. The molecular weight excluding hydrogens is 586 g/mol. The zero-order valence-electron chi connectivity index (χ0n) is 16.0. The van der Waals surface area contributed by atoms with E-state index in [2.05, 4.69) is 58.3 Å². The molecule has 0 aromatic heterocycles. The monoisotopic (exact) mass is 605 g/mol. The van der Waals surface area contributed by atoms with E-state index in [4.69, 9.17) is 10.5 Å². The van der Waals surface area contributed by atoms with Crippen molar-refractivity contribution in [2.24, 2.45) is 10.9 Å². The molecule has 7 nitrogen and oxygen atoms in total. The molecule has 0 spiro atoms. The maximum Gasteiger partial charge on any atom is 0.269 e. The Kier molecular flexibility index (Phi) is 10.1. The smallest absolute Gasteiger partial charge is 0.269 e. The van der Waals surface area contributed by atoms with Crippen LogP contribution >= 0.6 is 47.8 Å². The third-order valence-electron chi connectivity index (χ3n) is 4.12. The molecule has 2 aromatic carbocycles. The van der Waals surface area contributed by atoms with Crippen molar-refractivity contribution in [3.8, 4) is 11.5 Å². The van der Waals surface area contributed by atoms with Crippen LogP contribution in [-0.2, 0) is 17.6 Å². The van der Waals surface area contributed by atoms with Crippen molar-refractivity contribution < 1.29 is 19.8 Å². The lowest BCUT2D eigenvalue weighted by Crippen LogP contribution is -2.33. The summed E-state index contributed by atoms with van der Waals surface area (Å²) in [6, 6.07) is 8.70. The first kappa shape index (κ1) is 24.6. The van der Waals surface area contributed by atoms with Crippen LogP contribution in [0.15, 0.2) is 48.9 Å². The van der Waals surface area contributed by atoms with Crippen molar-refractivity contribution in [2.75, 3.05) is 19.7 Å². The van der Waals surface area contributed by atoms with Crippen molar-refractivity contribution in [3.63, 3.8) is 0 Å². The predicted molar refractivity (Wildman–Crippen MR) is 126 cm³/mol. The third-order valence-corrected chi connectivity index (χ3v) is 5.93. The second-order valence-electron chi connectivity index (χ2n) is 6.39. The van der Waals surface area contributed by atoms with E-state index in [-0.39, 0.29) is 17.9 Å². The number of phenolic OH excluding ortho intramolecular Hbond substituents is 1. The first-order valence-electron chi connectivity index (χ1n) is 9.13. The quantitative estimate of drug-likeness (QED) is 0.140. The lowest BCUT2D eigenvalue weighted by atomic mass is 10.1. The van der Waals surface area contributed by atoms with Gasteiger partial charge in [-0.05, 0) is 103 Å². The number of carbonyl (C=O) groups is 1. The third kappa shape index (κ3) is 7.26. The van der Waals surface area contributed by atoms with E-state index in [1.807, 2.05) is 12.1 Å². The van der Waals surface area contributed by atoms with Gasteiger partial charge in [-0.15, -0.1) is 0 Å². The summed E-state index contributed by atoms with van der Waals surface area (Å²) in [7, 11) is 0. The number of carbonyl (C=O) groups excluding carboxylic acids is 1. The number of amides is 1. The molecule has 0 atom stereocenters. The maximum absolute atomic E-state index is 12.3. The highest BCUT2D eigenvalue weighted by atomic mass is 79.9. The van der Waals surface area contributed by atoms with Gasteiger partial charge in [-0.3, -0.25) is 4.79 Å². The molecule has 30 heavy (non-hydrogen) atoms. The first-order valence-corrected chi connectivity index (χ1v) is 11.5. The van der Waals surface area contributed by atoms with E-state index in [1.54, 1.807) is 12.1 Å². The molecule has 0 aliphatic carbocycles. The second-order valence-corrected chi connectivity index (χ2v) is 8.96. The Labute approximate surface area is 200 Å². The Morgan fingerprint density at radius 1 is 1.10 bits per heavy atom. The number of halogens is 3. The second kappa shape index (κ2) is 12.3. The largest absolute Gasteiger partial charge is 0.507 e. The van der Waals surface area contributed by atoms with Crippen LogP contribution in [0.3, 0.4) is 0 Å². The lowest BCUT2D eigenvalue weighted by molar-refractivity contribution is -0.115. The highest BCUT2D eigenvalue weighted by Gasteiger charge is 2.14. The van der Waals surface area contributed by atoms with Gasteiger partial charge in [0, 0.05) is 13.0 Å².